The van der Waals surface area contributed by atoms with Crippen molar-refractivity contribution in [2.75, 3.05) is 17.2 Å². The molecule has 0 saturated carbocycles. The summed E-state index contributed by atoms with van der Waals surface area (Å²) in [6.45, 7) is 3.59. The first-order valence-corrected chi connectivity index (χ1v) is 6.92. The molecule has 0 aromatic carbocycles. The smallest absolute Gasteiger partial charge is 0.226 e. The number of hydrogen-bond donors (Lipinski definition) is 3. The SMILES string of the molecule is CCCNc1nc(NCc2cnn(C)c2)c2cn[nH]c2n1. The van der Waals surface area contributed by atoms with Gasteiger partial charge >= 0.3 is 0 Å². The second-order valence-corrected chi connectivity index (χ2v) is 4.83. The zero-order chi connectivity index (χ0) is 14.7. The highest BCUT2D eigenvalue weighted by Gasteiger charge is 2.09. The van der Waals surface area contributed by atoms with Crippen molar-refractivity contribution in [1.29, 1.82) is 0 Å². The maximum atomic E-state index is 4.51. The van der Waals surface area contributed by atoms with Crippen molar-refractivity contribution in [3.05, 3.63) is 24.2 Å². The van der Waals surface area contributed by atoms with E-state index in [2.05, 4.69) is 42.8 Å². The summed E-state index contributed by atoms with van der Waals surface area (Å²) in [5.74, 6) is 1.36. The fourth-order valence-corrected chi connectivity index (χ4v) is 2.03. The summed E-state index contributed by atoms with van der Waals surface area (Å²) < 4.78 is 1.78. The molecule has 3 N–H and O–H groups in total. The normalized spacial score (nSPS) is 11.0. The molecule has 0 amide bonds. The summed E-state index contributed by atoms with van der Waals surface area (Å²) in [5, 5.41) is 18.4. The Morgan fingerprint density at radius 3 is 2.90 bits per heavy atom. The number of hydrogen-bond acceptors (Lipinski definition) is 6. The summed E-state index contributed by atoms with van der Waals surface area (Å²) in [6, 6.07) is 0. The lowest BCUT2D eigenvalue weighted by Gasteiger charge is -2.08. The van der Waals surface area contributed by atoms with Crippen LogP contribution < -0.4 is 10.6 Å². The van der Waals surface area contributed by atoms with Gasteiger partial charge in [-0.25, -0.2) is 0 Å². The van der Waals surface area contributed by atoms with E-state index in [9.17, 15) is 0 Å². The number of aromatic amines is 1. The number of aryl methyl sites for hydroxylation is 1. The number of rotatable bonds is 6. The highest BCUT2D eigenvalue weighted by atomic mass is 15.2. The molecule has 0 aliphatic rings. The van der Waals surface area contributed by atoms with E-state index >= 15 is 0 Å². The molecule has 3 aromatic heterocycles. The molecule has 0 radical (unpaired) electrons. The summed E-state index contributed by atoms with van der Waals surface area (Å²) >= 11 is 0. The van der Waals surface area contributed by atoms with Crippen LogP contribution in [-0.2, 0) is 13.6 Å². The molecule has 3 heterocycles. The van der Waals surface area contributed by atoms with Gasteiger partial charge in [0.05, 0.1) is 17.8 Å². The van der Waals surface area contributed by atoms with Gasteiger partial charge in [-0.3, -0.25) is 9.78 Å². The van der Waals surface area contributed by atoms with Gasteiger partial charge in [0, 0.05) is 31.9 Å². The molecule has 8 nitrogen and oxygen atoms in total. The molecule has 0 saturated heterocycles. The summed E-state index contributed by atoms with van der Waals surface area (Å²) in [7, 11) is 1.90. The Labute approximate surface area is 122 Å². The molecular formula is C13H18N8. The van der Waals surface area contributed by atoms with Crippen LogP contribution in [0.1, 0.15) is 18.9 Å². The predicted octanol–water partition coefficient (Wildman–Crippen LogP) is 1.52. The average molecular weight is 286 g/mol. The summed E-state index contributed by atoms with van der Waals surface area (Å²) in [5.41, 5.74) is 1.81. The van der Waals surface area contributed by atoms with Crippen LogP contribution in [0, 0.1) is 0 Å². The molecule has 0 atom stereocenters. The third-order valence-corrected chi connectivity index (χ3v) is 3.06. The molecule has 0 fully saturated rings. The second kappa shape index (κ2) is 5.78. The molecule has 0 unspecified atom stereocenters. The van der Waals surface area contributed by atoms with Crippen LogP contribution in [0.25, 0.3) is 11.0 Å². The van der Waals surface area contributed by atoms with Crippen molar-refractivity contribution in [3.8, 4) is 0 Å². The first kappa shape index (κ1) is 13.3. The third kappa shape index (κ3) is 2.93. The summed E-state index contributed by atoms with van der Waals surface area (Å²) in [6.07, 6.45) is 6.54. The quantitative estimate of drug-likeness (QED) is 0.636. The number of fused-ring (bicyclic) bond motifs is 1. The Morgan fingerprint density at radius 1 is 1.24 bits per heavy atom. The maximum absolute atomic E-state index is 4.51. The second-order valence-electron chi connectivity index (χ2n) is 4.83. The van der Waals surface area contributed by atoms with Gasteiger partial charge in [0.1, 0.15) is 5.82 Å². The molecule has 3 aromatic rings. The largest absolute Gasteiger partial charge is 0.365 e. The van der Waals surface area contributed by atoms with Gasteiger partial charge in [-0.05, 0) is 6.42 Å². The minimum atomic E-state index is 0.599. The van der Waals surface area contributed by atoms with Crippen molar-refractivity contribution >= 4 is 22.8 Å². The van der Waals surface area contributed by atoms with E-state index < -0.39 is 0 Å². The van der Waals surface area contributed by atoms with Gasteiger partial charge in [0.25, 0.3) is 0 Å². The third-order valence-electron chi connectivity index (χ3n) is 3.06. The van der Waals surface area contributed by atoms with Gasteiger partial charge in [-0.1, -0.05) is 6.92 Å². The Bertz CT molecular complexity index is 729. The van der Waals surface area contributed by atoms with E-state index in [-0.39, 0.29) is 0 Å². The highest BCUT2D eigenvalue weighted by molar-refractivity contribution is 5.86. The molecule has 0 bridgehead atoms. The van der Waals surface area contributed by atoms with E-state index in [0.29, 0.717) is 12.5 Å². The van der Waals surface area contributed by atoms with Crippen LogP contribution in [0.3, 0.4) is 0 Å². The monoisotopic (exact) mass is 286 g/mol. The molecule has 21 heavy (non-hydrogen) atoms. The van der Waals surface area contributed by atoms with E-state index in [1.54, 1.807) is 10.9 Å². The molecule has 0 aliphatic heterocycles. The minimum Gasteiger partial charge on any atom is -0.365 e. The Morgan fingerprint density at radius 2 is 2.14 bits per heavy atom. The van der Waals surface area contributed by atoms with Crippen molar-refractivity contribution in [1.82, 2.24) is 29.9 Å². The average Bonchev–Trinajstić information content (AvgIpc) is 3.11. The molecule has 3 rings (SSSR count). The zero-order valence-electron chi connectivity index (χ0n) is 12.1. The van der Waals surface area contributed by atoms with Crippen LogP contribution in [-0.4, -0.2) is 36.5 Å². The first-order chi connectivity index (χ1) is 10.3. The number of aromatic nitrogens is 6. The van der Waals surface area contributed by atoms with Gasteiger partial charge in [-0.2, -0.15) is 20.2 Å². The Hall–Kier alpha value is -2.64. The van der Waals surface area contributed by atoms with Gasteiger partial charge in [-0.15, -0.1) is 0 Å². The van der Waals surface area contributed by atoms with E-state index in [0.717, 1.165) is 35.4 Å². The Kier molecular flexibility index (Phi) is 3.67. The lowest BCUT2D eigenvalue weighted by molar-refractivity contribution is 0.767. The van der Waals surface area contributed by atoms with Crippen LogP contribution >= 0.6 is 0 Å². The van der Waals surface area contributed by atoms with Crippen molar-refractivity contribution < 1.29 is 0 Å². The fraction of sp³-hybridized carbons (Fsp3) is 0.385. The van der Waals surface area contributed by atoms with Crippen LogP contribution in [0.15, 0.2) is 18.6 Å². The van der Waals surface area contributed by atoms with Crippen LogP contribution in [0.5, 0.6) is 0 Å². The van der Waals surface area contributed by atoms with Crippen molar-refractivity contribution in [2.45, 2.75) is 19.9 Å². The van der Waals surface area contributed by atoms with Crippen LogP contribution in [0.4, 0.5) is 11.8 Å². The number of anilines is 2. The van der Waals surface area contributed by atoms with E-state index in [4.69, 9.17) is 0 Å². The van der Waals surface area contributed by atoms with E-state index in [1.807, 2.05) is 19.4 Å². The summed E-state index contributed by atoms with van der Waals surface area (Å²) in [4.78, 5) is 8.91. The number of nitrogens with zero attached hydrogens (tertiary/aromatic N) is 5. The molecule has 0 spiro atoms. The lowest BCUT2D eigenvalue weighted by Crippen LogP contribution is -2.08. The number of H-pyrrole nitrogens is 1. The fourth-order valence-electron chi connectivity index (χ4n) is 2.03. The minimum absolute atomic E-state index is 0.599. The Balaban J connectivity index is 1.83. The standard InChI is InChI=1S/C13H18N8/c1-3-4-14-13-18-11(10-7-16-20-12(10)19-13)15-5-9-6-17-21(2)8-9/h6-8H,3-5H2,1-2H3,(H3,14,15,16,18,19,20). The van der Waals surface area contributed by atoms with Gasteiger partial charge < -0.3 is 10.6 Å². The van der Waals surface area contributed by atoms with Crippen LogP contribution in [0.2, 0.25) is 0 Å². The first-order valence-electron chi connectivity index (χ1n) is 6.92. The highest BCUT2D eigenvalue weighted by Crippen LogP contribution is 2.20. The zero-order valence-corrected chi connectivity index (χ0v) is 12.1. The molecule has 0 aliphatic carbocycles. The lowest BCUT2D eigenvalue weighted by atomic mass is 10.3. The van der Waals surface area contributed by atoms with Gasteiger partial charge in [0.2, 0.25) is 5.95 Å². The topological polar surface area (TPSA) is 96.3 Å². The van der Waals surface area contributed by atoms with Crippen molar-refractivity contribution in [2.24, 2.45) is 7.05 Å². The molecule has 8 heteroatoms. The van der Waals surface area contributed by atoms with Gasteiger partial charge in [0.15, 0.2) is 5.65 Å². The molecule has 110 valence electrons. The number of nitrogens with one attached hydrogen (secondary N) is 3. The maximum Gasteiger partial charge on any atom is 0.226 e. The predicted molar refractivity (Wildman–Crippen MR) is 81.0 cm³/mol. The molecular weight excluding hydrogens is 268 g/mol. The van der Waals surface area contributed by atoms with Crippen molar-refractivity contribution in [3.63, 3.8) is 0 Å². The van der Waals surface area contributed by atoms with E-state index in [1.165, 1.54) is 0 Å².